The van der Waals surface area contributed by atoms with Crippen LogP contribution in [0.25, 0.3) is 0 Å². The SMILES string of the molecule is COC(=O)c1cc(Br)ccc1NCCCOc1ccc(OC)cc1. The van der Waals surface area contributed by atoms with Gasteiger partial charge in [-0.15, -0.1) is 0 Å². The van der Waals surface area contributed by atoms with Crippen LogP contribution in [0.15, 0.2) is 46.9 Å². The van der Waals surface area contributed by atoms with Crippen molar-refractivity contribution in [3.63, 3.8) is 0 Å². The first-order chi connectivity index (χ1) is 11.6. The van der Waals surface area contributed by atoms with Gasteiger partial charge >= 0.3 is 5.97 Å². The molecule has 0 aliphatic carbocycles. The molecule has 0 aliphatic rings. The van der Waals surface area contributed by atoms with Crippen LogP contribution < -0.4 is 14.8 Å². The molecular weight excluding hydrogens is 374 g/mol. The quantitative estimate of drug-likeness (QED) is 0.539. The van der Waals surface area contributed by atoms with Gasteiger partial charge in [-0.1, -0.05) is 15.9 Å². The number of hydrogen-bond acceptors (Lipinski definition) is 5. The van der Waals surface area contributed by atoms with Gasteiger partial charge in [0, 0.05) is 16.7 Å². The lowest BCUT2D eigenvalue weighted by Gasteiger charge is -2.12. The molecule has 128 valence electrons. The van der Waals surface area contributed by atoms with Crippen LogP contribution in [0.4, 0.5) is 5.69 Å². The molecule has 6 heteroatoms. The molecule has 5 nitrogen and oxygen atoms in total. The molecule has 0 saturated carbocycles. The third kappa shape index (κ3) is 5.16. The Kier molecular flexibility index (Phi) is 6.93. The van der Waals surface area contributed by atoms with Crippen molar-refractivity contribution in [1.82, 2.24) is 0 Å². The van der Waals surface area contributed by atoms with Gasteiger partial charge in [0.2, 0.25) is 0 Å². The lowest BCUT2D eigenvalue weighted by Crippen LogP contribution is -2.11. The van der Waals surface area contributed by atoms with E-state index in [2.05, 4.69) is 21.2 Å². The summed E-state index contributed by atoms with van der Waals surface area (Å²) in [4.78, 5) is 11.8. The Balaban J connectivity index is 1.80. The molecule has 2 aromatic rings. The third-order valence-corrected chi connectivity index (χ3v) is 3.84. The van der Waals surface area contributed by atoms with Crippen molar-refractivity contribution >= 4 is 27.6 Å². The Labute approximate surface area is 150 Å². The maximum Gasteiger partial charge on any atom is 0.340 e. The molecule has 0 bridgehead atoms. The number of methoxy groups -OCH3 is 2. The topological polar surface area (TPSA) is 56.8 Å². The standard InChI is InChI=1S/C18H20BrNO4/c1-22-14-5-7-15(8-6-14)24-11-3-10-20-17-9-4-13(19)12-16(17)18(21)23-2/h4-9,12,20H,3,10-11H2,1-2H3. The van der Waals surface area contributed by atoms with Crippen LogP contribution in [-0.4, -0.2) is 33.3 Å². The summed E-state index contributed by atoms with van der Waals surface area (Å²) in [5.74, 6) is 1.23. The molecule has 2 aromatic carbocycles. The maximum atomic E-state index is 11.8. The molecule has 0 spiro atoms. The summed E-state index contributed by atoms with van der Waals surface area (Å²) in [5, 5.41) is 3.24. The van der Waals surface area contributed by atoms with Gasteiger partial charge in [-0.05, 0) is 48.9 Å². The highest BCUT2D eigenvalue weighted by molar-refractivity contribution is 9.10. The van der Waals surface area contributed by atoms with E-state index < -0.39 is 0 Å². The van der Waals surface area contributed by atoms with Crippen LogP contribution in [0.5, 0.6) is 11.5 Å². The van der Waals surface area contributed by atoms with Gasteiger partial charge in [-0.3, -0.25) is 0 Å². The first kappa shape index (κ1) is 18.1. The fourth-order valence-corrected chi connectivity index (χ4v) is 2.47. The molecule has 0 saturated heterocycles. The number of halogens is 1. The minimum absolute atomic E-state index is 0.367. The number of hydrogen-bond donors (Lipinski definition) is 1. The van der Waals surface area contributed by atoms with Gasteiger partial charge in [0.25, 0.3) is 0 Å². The number of carbonyl (C=O) groups is 1. The van der Waals surface area contributed by atoms with Gasteiger partial charge in [-0.2, -0.15) is 0 Å². The lowest BCUT2D eigenvalue weighted by atomic mass is 10.2. The zero-order chi connectivity index (χ0) is 17.4. The zero-order valence-corrected chi connectivity index (χ0v) is 15.3. The molecule has 0 aromatic heterocycles. The Morgan fingerprint density at radius 2 is 1.79 bits per heavy atom. The predicted molar refractivity (Wildman–Crippen MR) is 97.1 cm³/mol. The minimum Gasteiger partial charge on any atom is -0.497 e. The van der Waals surface area contributed by atoms with Crippen molar-refractivity contribution in [3.8, 4) is 11.5 Å². The van der Waals surface area contributed by atoms with Crippen molar-refractivity contribution < 1.29 is 19.0 Å². The van der Waals surface area contributed by atoms with E-state index in [4.69, 9.17) is 14.2 Å². The predicted octanol–water partition coefficient (Wildman–Crippen LogP) is 4.13. The van der Waals surface area contributed by atoms with Crippen LogP contribution >= 0.6 is 15.9 Å². The Morgan fingerprint density at radius 1 is 1.08 bits per heavy atom. The van der Waals surface area contributed by atoms with Crippen molar-refractivity contribution in [2.45, 2.75) is 6.42 Å². The van der Waals surface area contributed by atoms with Gasteiger partial charge in [-0.25, -0.2) is 4.79 Å². The molecular formula is C18H20BrNO4. The van der Waals surface area contributed by atoms with E-state index in [0.29, 0.717) is 18.7 Å². The first-order valence-corrected chi connectivity index (χ1v) is 8.32. The fraction of sp³-hybridized carbons (Fsp3) is 0.278. The van der Waals surface area contributed by atoms with Gasteiger partial charge < -0.3 is 19.5 Å². The Hall–Kier alpha value is -2.21. The summed E-state index contributed by atoms with van der Waals surface area (Å²) in [6.07, 6.45) is 0.794. The van der Waals surface area contributed by atoms with Gasteiger partial charge in [0.15, 0.2) is 0 Å². The van der Waals surface area contributed by atoms with Crippen molar-refractivity contribution in [2.24, 2.45) is 0 Å². The van der Waals surface area contributed by atoms with E-state index in [1.165, 1.54) is 7.11 Å². The summed E-state index contributed by atoms with van der Waals surface area (Å²) in [7, 11) is 3.00. The highest BCUT2D eigenvalue weighted by atomic mass is 79.9. The fourth-order valence-electron chi connectivity index (χ4n) is 2.11. The van der Waals surface area contributed by atoms with E-state index in [1.54, 1.807) is 13.2 Å². The molecule has 0 aliphatic heterocycles. The molecule has 0 fully saturated rings. The second-order valence-electron chi connectivity index (χ2n) is 4.99. The van der Waals surface area contributed by atoms with E-state index in [0.717, 1.165) is 28.1 Å². The summed E-state index contributed by atoms with van der Waals surface area (Å²) in [6.45, 7) is 1.26. The number of ether oxygens (including phenoxy) is 3. The van der Waals surface area contributed by atoms with Gasteiger partial charge in [0.05, 0.1) is 26.4 Å². The molecule has 0 unspecified atom stereocenters. The summed E-state index contributed by atoms with van der Waals surface area (Å²) in [5.41, 5.74) is 1.25. The summed E-state index contributed by atoms with van der Waals surface area (Å²) < 4.78 is 16.4. The number of nitrogens with one attached hydrogen (secondary N) is 1. The lowest BCUT2D eigenvalue weighted by molar-refractivity contribution is 0.0601. The largest absolute Gasteiger partial charge is 0.497 e. The molecule has 24 heavy (non-hydrogen) atoms. The number of benzene rings is 2. The van der Waals surface area contributed by atoms with Crippen LogP contribution in [0.2, 0.25) is 0 Å². The molecule has 0 heterocycles. The van der Waals surface area contributed by atoms with Crippen LogP contribution in [0, 0.1) is 0 Å². The Bertz CT molecular complexity index is 673. The number of carbonyl (C=O) groups excluding carboxylic acids is 1. The number of rotatable bonds is 8. The zero-order valence-electron chi connectivity index (χ0n) is 13.7. The van der Waals surface area contributed by atoms with E-state index in [9.17, 15) is 4.79 Å². The van der Waals surface area contributed by atoms with Crippen molar-refractivity contribution in [3.05, 3.63) is 52.5 Å². The van der Waals surface area contributed by atoms with Crippen molar-refractivity contribution in [1.29, 1.82) is 0 Å². The highest BCUT2D eigenvalue weighted by Gasteiger charge is 2.11. The second-order valence-corrected chi connectivity index (χ2v) is 5.90. The molecule has 0 atom stereocenters. The molecule has 0 amide bonds. The van der Waals surface area contributed by atoms with E-state index >= 15 is 0 Å². The first-order valence-electron chi connectivity index (χ1n) is 7.52. The average Bonchev–Trinajstić information content (AvgIpc) is 2.62. The highest BCUT2D eigenvalue weighted by Crippen LogP contribution is 2.22. The van der Waals surface area contributed by atoms with Crippen LogP contribution in [0.3, 0.4) is 0 Å². The maximum absolute atomic E-state index is 11.8. The average molecular weight is 394 g/mol. The normalized spacial score (nSPS) is 10.1. The third-order valence-electron chi connectivity index (χ3n) is 3.35. The molecule has 0 radical (unpaired) electrons. The van der Waals surface area contributed by atoms with Crippen LogP contribution in [-0.2, 0) is 4.74 Å². The van der Waals surface area contributed by atoms with Crippen molar-refractivity contribution in [2.75, 3.05) is 32.7 Å². The van der Waals surface area contributed by atoms with E-state index in [1.807, 2.05) is 36.4 Å². The number of anilines is 1. The second kappa shape index (κ2) is 9.17. The molecule has 1 N–H and O–H groups in total. The number of esters is 1. The molecule has 2 rings (SSSR count). The minimum atomic E-state index is -0.367. The Morgan fingerprint density at radius 3 is 2.46 bits per heavy atom. The van der Waals surface area contributed by atoms with Gasteiger partial charge in [0.1, 0.15) is 11.5 Å². The summed E-state index contributed by atoms with van der Waals surface area (Å²) >= 11 is 3.36. The summed E-state index contributed by atoms with van der Waals surface area (Å²) in [6, 6.07) is 12.9. The van der Waals surface area contributed by atoms with E-state index in [-0.39, 0.29) is 5.97 Å². The van der Waals surface area contributed by atoms with Crippen LogP contribution in [0.1, 0.15) is 16.8 Å². The monoisotopic (exact) mass is 393 g/mol. The smallest absolute Gasteiger partial charge is 0.340 e.